The minimum atomic E-state index is -1.22. The molecule has 0 aromatic heterocycles. The Labute approximate surface area is 69.7 Å². The minimum absolute atomic E-state index is 0.247. The largest absolute Gasteiger partial charge is 0.478 e. The highest BCUT2D eigenvalue weighted by Gasteiger charge is 2.13. The first kappa shape index (κ1) is 8.71. The van der Waals surface area contributed by atoms with Crippen molar-refractivity contribution >= 4 is 5.97 Å². The number of hydrogen-bond acceptors (Lipinski definition) is 1. The van der Waals surface area contributed by atoms with Crippen LogP contribution in [0.3, 0.4) is 0 Å². The fourth-order valence-corrected chi connectivity index (χ4v) is 0.923. The van der Waals surface area contributed by atoms with E-state index in [0.29, 0.717) is 6.42 Å². The molecule has 1 aliphatic rings. The van der Waals surface area contributed by atoms with Gasteiger partial charge in [-0.3, -0.25) is 0 Å². The summed E-state index contributed by atoms with van der Waals surface area (Å²) in [7, 11) is 0. The first-order chi connectivity index (χ1) is 5.61. The molecular formula is C9H9FO2. The summed E-state index contributed by atoms with van der Waals surface area (Å²) in [5.41, 5.74) is 0.699. The molecule has 64 valence electrons. The van der Waals surface area contributed by atoms with Crippen LogP contribution in [0.2, 0.25) is 0 Å². The highest BCUT2D eigenvalue weighted by atomic mass is 19.1. The van der Waals surface area contributed by atoms with Crippen molar-refractivity contribution in [1.82, 2.24) is 0 Å². The molecule has 3 heteroatoms. The van der Waals surface area contributed by atoms with Gasteiger partial charge in [0.1, 0.15) is 5.83 Å². The smallest absolute Gasteiger partial charge is 0.338 e. The molecule has 0 aromatic rings. The molecule has 0 aromatic carbocycles. The van der Waals surface area contributed by atoms with Gasteiger partial charge in [-0.05, 0) is 19.4 Å². The van der Waals surface area contributed by atoms with Gasteiger partial charge in [0.15, 0.2) is 0 Å². The average molecular weight is 168 g/mol. The Morgan fingerprint density at radius 2 is 2.25 bits per heavy atom. The highest BCUT2D eigenvalue weighted by molar-refractivity contribution is 5.91. The van der Waals surface area contributed by atoms with Crippen LogP contribution < -0.4 is 0 Å². The monoisotopic (exact) mass is 168 g/mol. The molecule has 1 rings (SSSR count). The van der Waals surface area contributed by atoms with Crippen LogP contribution in [0.5, 0.6) is 0 Å². The molecule has 0 radical (unpaired) electrons. The lowest BCUT2D eigenvalue weighted by Crippen LogP contribution is -2.00. The van der Waals surface area contributed by atoms with Crippen LogP contribution in [0.4, 0.5) is 4.39 Å². The molecule has 0 bridgehead atoms. The summed E-state index contributed by atoms with van der Waals surface area (Å²) in [6.07, 6.45) is 4.64. The van der Waals surface area contributed by atoms with Gasteiger partial charge in [-0.25, -0.2) is 9.18 Å². The normalized spacial score (nSPS) is 17.3. The predicted octanol–water partition coefficient (Wildman–Crippen LogP) is 2.20. The Morgan fingerprint density at radius 1 is 1.58 bits per heavy atom. The lowest BCUT2D eigenvalue weighted by molar-refractivity contribution is -0.132. The van der Waals surface area contributed by atoms with Crippen LogP contribution in [-0.2, 0) is 4.79 Å². The standard InChI is InChI=1S/C9H9FO2/c1-6-2-4-7(9(11)12)8(10)5-3-6/h3-5H,2H2,1H3,(H,11,12). The molecule has 1 aliphatic carbocycles. The Hall–Kier alpha value is -1.38. The molecule has 0 spiro atoms. The third-order valence-electron chi connectivity index (χ3n) is 1.63. The van der Waals surface area contributed by atoms with Gasteiger partial charge in [0.05, 0.1) is 5.57 Å². The summed E-state index contributed by atoms with van der Waals surface area (Å²) in [6.45, 7) is 1.82. The van der Waals surface area contributed by atoms with Gasteiger partial charge in [-0.15, -0.1) is 0 Å². The average Bonchev–Trinajstić information content (AvgIpc) is 2.14. The lowest BCUT2D eigenvalue weighted by atomic mass is 10.2. The summed E-state index contributed by atoms with van der Waals surface area (Å²) < 4.78 is 12.9. The zero-order valence-electron chi connectivity index (χ0n) is 6.67. The summed E-state index contributed by atoms with van der Waals surface area (Å²) in [6, 6.07) is 0. The van der Waals surface area contributed by atoms with Crippen LogP contribution in [-0.4, -0.2) is 11.1 Å². The Balaban J connectivity index is 3.00. The number of carboxylic acid groups (broad SMARTS) is 1. The van der Waals surface area contributed by atoms with E-state index in [4.69, 9.17) is 5.11 Å². The van der Waals surface area contributed by atoms with Crippen molar-refractivity contribution in [3.63, 3.8) is 0 Å². The van der Waals surface area contributed by atoms with Gasteiger partial charge in [0, 0.05) is 0 Å². The molecular weight excluding hydrogens is 159 g/mol. The second-order valence-corrected chi connectivity index (χ2v) is 2.65. The number of allylic oxidation sites excluding steroid dienone is 4. The number of carbonyl (C=O) groups is 1. The summed E-state index contributed by atoms with van der Waals surface area (Å²) >= 11 is 0. The van der Waals surface area contributed by atoms with E-state index < -0.39 is 11.8 Å². The van der Waals surface area contributed by atoms with E-state index in [2.05, 4.69) is 0 Å². The van der Waals surface area contributed by atoms with E-state index in [1.165, 1.54) is 12.2 Å². The maximum absolute atomic E-state index is 12.9. The third kappa shape index (κ3) is 1.81. The van der Waals surface area contributed by atoms with Crippen molar-refractivity contribution in [2.75, 3.05) is 0 Å². The molecule has 0 heterocycles. The lowest BCUT2D eigenvalue weighted by Gasteiger charge is -1.95. The van der Waals surface area contributed by atoms with Crippen LogP contribution >= 0.6 is 0 Å². The first-order valence-corrected chi connectivity index (χ1v) is 3.58. The van der Waals surface area contributed by atoms with E-state index in [0.717, 1.165) is 5.57 Å². The van der Waals surface area contributed by atoms with Gasteiger partial charge in [0.25, 0.3) is 0 Å². The number of carboxylic acids is 1. The Morgan fingerprint density at radius 3 is 2.83 bits per heavy atom. The molecule has 0 amide bonds. The quantitative estimate of drug-likeness (QED) is 0.651. The summed E-state index contributed by atoms with van der Waals surface area (Å²) in [5.74, 6) is -1.90. The second-order valence-electron chi connectivity index (χ2n) is 2.65. The minimum Gasteiger partial charge on any atom is -0.478 e. The highest BCUT2D eigenvalue weighted by Crippen LogP contribution is 2.18. The van der Waals surface area contributed by atoms with Crippen LogP contribution in [0, 0.1) is 0 Å². The summed E-state index contributed by atoms with van der Waals surface area (Å²) in [5, 5.41) is 8.55. The van der Waals surface area contributed by atoms with Crippen molar-refractivity contribution in [2.45, 2.75) is 13.3 Å². The maximum atomic E-state index is 12.9. The van der Waals surface area contributed by atoms with E-state index in [1.807, 2.05) is 6.92 Å². The van der Waals surface area contributed by atoms with Crippen molar-refractivity contribution < 1.29 is 14.3 Å². The van der Waals surface area contributed by atoms with E-state index in [9.17, 15) is 9.18 Å². The molecule has 1 N–H and O–H groups in total. The molecule has 2 nitrogen and oxygen atoms in total. The zero-order chi connectivity index (χ0) is 9.14. The molecule has 0 saturated heterocycles. The Kier molecular flexibility index (Phi) is 2.43. The van der Waals surface area contributed by atoms with Crippen molar-refractivity contribution in [3.8, 4) is 0 Å². The number of aliphatic carboxylic acids is 1. The van der Waals surface area contributed by atoms with Crippen molar-refractivity contribution in [3.05, 3.63) is 35.2 Å². The van der Waals surface area contributed by atoms with Crippen molar-refractivity contribution in [1.29, 1.82) is 0 Å². The number of hydrogen-bond donors (Lipinski definition) is 1. The molecule has 0 unspecified atom stereocenters. The number of halogens is 1. The summed E-state index contributed by atoms with van der Waals surface area (Å²) in [4.78, 5) is 10.5. The molecule has 0 aliphatic heterocycles. The van der Waals surface area contributed by atoms with Crippen LogP contribution in [0.25, 0.3) is 0 Å². The van der Waals surface area contributed by atoms with Gasteiger partial charge in [0.2, 0.25) is 0 Å². The van der Waals surface area contributed by atoms with Gasteiger partial charge in [-0.1, -0.05) is 17.7 Å². The van der Waals surface area contributed by atoms with Gasteiger partial charge >= 0.3 is 5.97 Å². The van der Waals surface area contributed by atoms with E-state index >= 15 is 0 Å². The van der Waals surface area contributed by atoms with E-state index in [1.54, 1.807) is 6.08 Å². The molecule has 0 fully saturated rings. The topological polar surface area (TPSA) is 37.3 Å². The Bertz CT molecular complexity index is 298. The van der Waals surface area contributed by atoms with Crippen LogP contribution in [0.1, 0.15) is 13.3 Å². The van der Waals surface area contributed by atoms with Gasteiger partial charge in [-0.2, -0.15) is 0 Å². The van der Waals surface area contributed by atoms with Gasteiger partial charge < -0.3 is 5.11 Å². The van der Waals surface area contributed by atoms with Crippen LogP contribution in [0.15, 0.2) is 35.2 Å². The third-order valence-corrected chi connectivity index (χ3v) is 1.63. The fraction of sp³-hybridized carbons (Fsp3) is 0.222. The molecule has 12 heavy (non-hydrogen) atoms. The predicted molar refractivity (Wildman–Crippen MR) is 43.3 cm³/mol. The maximum Gasteiger partial charge on any atom is 0.338 e. The SMILES string of the molecule is CC1=CC=C(F)C(C(=O)O)=CC1. The van der Waals surface area contributed by atoms with E-state index in [-0.39, 0.29) is 5.57 Å². The first-order valence-electron chi connectivity index (χ1n) is 3.58. The number of rotatable bonds is 1. The van der Waals surface area contributed by atoms with Crippen molar-refractivity contribution in [2.24, 2.45) is 0 Å². The molecule has 0 saturated carbocycles. The zero-order valence-corrected chi connectivity index (χ0v) is 6.67. The fourth-order valence-electron chi connectivity index (χ4n) is 0.923. The molecule has 0 atom stereocenters. The second kappa shape index (κ2) is 3.34.